The predicted octanol–water partition coefficient (Wildman–Crippen LogP) is 4.66. The molecule has 0 aliphatic carbocycles. The maximum atomic E-state index is 13.8. The zero-order chi connectivity index (χ0) is 29.3. The number of hydrogen-bond donors (Lipinski definition) is 2. The van der Waals surface area contributed by atoms with Crippen LogP contribution < -0.4 is 24.5 Å². The third-order valence-corrected chi connectivity index (χ3v) is 7.51. The molecule has 2 heterocycles. The van der Waals surface area contributed by atoms with Gasteiger partial charge in [0.15, 0.2) is 0 Å². The zero-order valence-corrected chi connectivity index (χ0v) is 22.4. The monoisotopic (exact) mass is 553 g/mol. The molecular formula is C30H23N3O8. The Labute approximate surface area is 233 Å². The van der Waals surface area contributed by atoms with E-state index >= 15 is 0 Å². The van der Waals surface area contributed by atoms with E-state index in [-0.39, 0.29) is 55.4 Å². The molecule has 41 heavy (non-hydrogen) atoms. The number of carbonyl (C=O) groups excluding carboxylic acids is 4. The Morgan fingerprint density at radius 2 is 1.07 bits per heavy atom. The Morgan fingerprint density at radius 1 is 0.610 bits per heavy atom. The molecular weight excluding hydrogens is 530 g/mol. The number of benzene rings is 4. The number of anilines is 3. The van der Waals surface area contributed by atoms with E-state index in [0.29, 0.717) is 22.6 Å². The normalized spacial score (nSPS) is 14.2. The number of rotatable bonds is 5. The summed E-state index contributed by atoms with van der Waals surface area (Å²) in [6, 6.07) is 13.7. The average Bonchev–Trinajstić information content (AvgIpc) is 2.96. The van der Waals surface area contributed by atoms with Gasteiger partial charge in [-0.3, -0.25) is 29.6 Å². The highest BCUT2D eigenvalue weighted by atomic mass is 16.8. The summed E-state index contributed by atoms with van der Waals surface area (Å²) in [4.78, 5) is 57.3. The minimum atomic E-state index is -0.667. The molecule has 0 saturated heterocycles. The number of amides is 4. The first kappa shape index (κ1) is 26.0. The van der Waals surface area contributed by atoms with Crippen LogP contribution in [0.5, 0.6) is 11.5 Å². The van der Waals surface area contributed by atoms with Crippen LogP contribution in [0.1, 0.15) is 52.6 Å². The Kier molecular flexibility index (Phi) is 5.80. The summed E-state index contributed by atoms with van der Waals surface area (Å²) in [5.74, 6) is -2.02. The van der Waals surface area contributed by atoms with Crippen LogP contribution >= 0.6 is 0 Å². The van der Waals surface area contributed by atoms with Crippen molar-refractivity contribution in [2.75, 3.05) is 29.2 Å². The number of ether oxygens (including phenoxy) is 2. The maximum absolute atomic E-state index is 13.8. The van der Waals surface area contributed by atoms with Gasteiger partial charge in [-0.05, 0) is 61.4 Å². The van der Waals surface area contributed by atoms with Gasteiger partial charge in [0.1, 0.15) is 17.2 Å². The second kappa shape index (κ2) is 9.15. The fraction of sp³-hybridized carbons (Fsp3) is 0.133. The summed E-state index contributed by atoms with van der Waals surface area (Å²) < 4.78 is 10.5. The van der Waals surface area contributed by atoms with Gasteiger partial charge in [0.2, 0.25) is 0 Å². The molecule has 11 heteroatoms. The van der Waals surface area contributed by atoms with Gasteiger partial charge < -0.3 is 9.47 Å². The number of hydrogen-bond acceptors (Lipinski definition) is 9. The summed E-state index contributed by atoms with van der Waals surface area (Å²) in [5.41, 5.74) is 2.18. The smallest absolute Gasteiger partial charge is 0.265 e. The van der Waals surface area contributed by atoms with Crippen molar-refractivity contribution >= 4 is 51.5 Å². The summed E-state index contributed by atoms with van der Waals surface area (Å²) in [7, 11) is 2.80. The van der Waals surface area contributed by atoms with Crippen LogP contribution in [0, 0.1) is 13.8 Å². The van der Waals surface area contributed by atoms with Crippen molar-refractivity contribution in [2.45, 2.75) is 13.8 Å². The van der Waals surface area contributed by atoms with E-state index in [9.17, 15) is 29.6 Å². The van der Waals surface area contributed by atoms with Gasteiger partial charge in [0.25, 0.3) is 23.6 Å². The van der Waals surface area contributed by atoms with E-state index in [1.807, 2.05) is 0 Å². The van der Waals surface area contributed by atoms with Gasteiger partial charge in [-0.2, -0.15) is 0 Å². The first-order valence-electron chi connectivity index (χ1n) is 12.5. The van der Waals surface area contributed by atoms with Crippen molar-refractivity contribution in [3.63, 3.8) is 0 Å². The first-order chi connectivity index (χ1) is 19.6. The molecule has 2 aliphatic heterocycles. The summed E-state index contributed by atoms with van der Waals surface area (Å²) in [6.07, 6.45) is 0. The van der Waals surface area contributed by atoms with Gasteiger partial charge in [-0.25, -0.2) is 9.80 Å². The van der Waals surface area contributed by atoms with Gasteiger partial charge in [0, 0.05) is 45.2 Å². The standard InChI is InChI=1S/C30H23N3O8/c1-14-5-6-16(40-3)12-21(14)31-27(34)17-7-9-19-26-20(10-8-18(25(17)26)28(31)35)30(37)32(29(19)36)22-13-24(41-4)23(33(38)39)11-15(22)2/h5-13,38-39H,1-4H3. The fourth-order valence-electron chi connectivity index (χ4n) is 5.49. The molecule has 0 spiro atoms. The third kappa shape index (κ3) is 3.60. The van der Waals surface area contributed by atoms with Crippen LogP contribution in [-0.2, 0) is 0 Å². The summed E-state index contributed by atoms with van der Waals surface area (Å²) in [6.45, 7) is 3.38. The molecule has 0 bridgehead atoms. The predicted molar refractivity (Wildman–Crippen MR) is 148 cm³/mol. The average molecular weight is 554 g/mol. The van der Waals surface area contributed by atoms with E-state index in [2.05, 4.69) is 0 Å². The van der Waals surface area contributed by atoms with Crippen molar-refractivity contribution in [3.8, 4) is 11.5 Å². The Morgan fingerprint density at radius 3 is 1.49 bits per heavy atom. The van der Waals surface area contributed by atoms with Gasteiger partial charge in [0.05, 0.1) is 25.6 Å². The van der Waals surface area contributed by atoms with Crippen LogP contribution in [0.2, 0.25) is 0 Å². The van der Waals surface area contributed by atoms with Crippen LogP contribution in [0.15, 0.2) is 54.6 Å². The molecule has 4 aromatic rings. The van der Waals surface area contributed by atoms with Crippen molar-refractivity contribution < 1.29 is 39.1 Å². The molecule has 0 radical (unpaired) electrons. The molecule has 11 nitrogen and oxygen atoms in total. The van der Waals surface area contributed by atoms with Crippen LogP contribution in [0.4, 0.5) is 17.1 Å². The highest BCUT2D eigenvalue weighted by Gasteiger charge is 2.41. The van der Waals surface area contributed by atoms with E-state index in [1.165, 1.54) is 50.6 Å². The van der Waals surface area contributed by atoms with E-state index in [1.54, 1.807) is 32.0 Å². The lowest BCUT2D eigenvalue weighted by atomic mass is 9.85. The Hall–Kier alpha value is -5.26. The van der Waals surface area contributed by atoms with Crippen LogP contribution in [-0.4, -0.2) is 48.3 Å². The number of carbonyl (C=O) groups is 4. The molecule has 2 aliphatic rings. The Bertz CT molecular complexity index is 1790. The summed E-state index contributed by atoms with van der Waals surface area (Å²) >= 11 is 0. The lowest BCUT2D eigenvalue weighted by Crippen LogP contribution is -2.44. The van der Waals surface area contributed by atoms with Crippen molar-refractivity contribution in [1.82, 2.24) is 0 Å². The summed E-state index contributed by atoms with van der Waals surface area (Å²) in [5, 5.41) is 19.5. The molecule has 0 aromatic heterocycles. The Balaban J connectivity index is 1.52. The minimum Gasteiger partial charge on any atom is -0.497 e. The molecule has 4 amide bonds. The van der Waals surface area contributed by atoms with Crippen LogP contribution in [0.3, 0.4) is 0 Å². The first-order valence-corrected chi connectivity index (χ1v) is 12.5. The molecule has 4 aromatic carbocycles. The fourth-order valence-corrected chi connectivity index (χ4v) is 5.49. The van der Waals surface area contributed by atoms with Crippen molar-refractivity contribution in [1.29, 1.82) is 0 Å². The highest BCUT2D eigenvalue weighted by Crippen LogP contribution is 2.43. The lowest BCUT2D eigenvalue weighted by Gasteiger charge is -2.33. The minimum absolute atomic E-state index is 0.0105. The molecule has 6 rings (SSSR count). The lowest BCUT2D eigenvalue weighted by molar-refractivity contribution is 0.0278. The SMILES string of the molecule is COc1ccc(C)c(N2C(=O)c3ccc4c5c(ccc(c35)C2=O)C(=O)N(c2cc(OC)c(N(O)O)cc2C)C4=O)c1. The maximum Gasteiger partial charge on any atom is 0.265 e. The number of methoxy groups -OCH3 is 2. The van der Waals surface area contributed by atoms with Gasteiger partial charge in [-0.1, -0.05) is 6.07 Å². The molecule has 0 fully saturated rings. The zero-order valence-electron chi connectivity index (χ0n) is 22.4. The molecule has 2 N–H and O–H groups in total. The van der Waals surface area contributed by atoms with Gasteiger partial charge >= 0.3 is 0 Å². The largest absolute Gasteiger partial charge is 0.497 e. The van der Waals surface area contributed by atoms with Crippen molar-refractivity contribution in [2.24, 2.45) is 0 Å². The molecule has 0 atom stereocenters. The number of aryl methyl sites for hydroxylation is 2. The van der Waals surface area contributed by atoms with E-state index in [0.717, 1.165) is 9.80 Å². The quantitative estimate of drug-likeness (QED) is 0.267. The van der Waals surface area contributed by atoms with E-state index < -0.39 is 23.6 Å². The number of nitrogens with zero attached hydrogens (tertiary/aromatic N) is 3. The molecule has 0 saturated carbocycles. The number of imide groups is 2. The van der Waals surface area contributed by atoms with Crippen molar-refractivity contribution in [3.05, 3.63) is 88.0 Å². The van der Waals surface area contributed by atoms with Crippen LogP contribution in [0.25, 0.3) is 10.8 Å². The van der Waals surface area contributed by atoms with Gasteiger partial charge in [-0.15, -0.1) is 5.23 Å². The third-order valence-electron chi connectivity index (χ3n) is 7.51. The topological polar surface area (TPSA) is 137 Å². The highest BCUT2D eigenvalue weighted by molar-refractivity contribution is 6.42. The second-order valence-electron chi connectivity index (χ2n) is 9.72. The van der Waals surface area contributed by atoms with E-state index in [4.69, 9.17) is 9.47 Å². The molecule has 0 unspecified atom stereocenters. The second-order valence-corrected chi connectivity index (χ2v) is 9.72. The molecule has 206 valence electrons.